The predicted molar refractivity (Wildman–Crippen MR) is 77.6 cm³/mol. The maximum absolute atomic E-state index is 10.9. The summed E-state index contributed by atoms with van der Waals surface area (Å²) in [6.45, 7) is 2.21. The molecule has 1 N–H and O–H groups in total. The van der Waals surface area contributed by atoms with Gasteiger partial charge in [-0.1, -0.05) is 19.8 Å². The molecule has 0 amide bonds. The summed E-state index contributed by atoms with van der Waals surface area (Å²) >= 11 is 0. The van der Waals surface area contributed by atoms with Gasteiger partial charge in [0, 0.05) is 0 Å². The molecule has 5 heteroatoms. The van der Waals surface area contributed by atoms with E-state index in [0.29, 0.717) is 17.0 Å². The molecule has 112 valence electrons. The Morgan fingerprint density at radius 2 is 2.33 bits per heavy atom. The summed E-state index contributed by atoms with van der Waals surface area (Å²) in [7, 11) is 0. The minimum atomic E-state index is -0.978. The van der Waals surface area contributed by atoms with E-state index < -0.39 is 5.97 Å². The van der Waals surface area contributed by atoms with Crippen molar-refractivity contribution in [2.45, 2.75) is 45.1 Å². The molecule has 1 aliphatic rings. The molecular weight excluding hydrogens is 270 g/mol. The van der Waals surface area contributed by atoms with Crippen molar-refractivity contribution in [2.24, 2.45) is 5.92 Å². The first-order valence-electron chi connectivity index (χ1n) is 7.46. The van der Waals surface area contributed by atoms with Gasteiger partial charge < -0.3 is 14.3 Å². The summed E-state index contributed by atoms with van der Waals surface area (Å²) in [6.07, 6.45) is 6.07. The minimum Gasteiger partial charge on any atom is -0.478 e. The number of ether oxygens (including phenoxy) is 1. The number of nitrogens with zero attached hydrogens (tertiary/aromatic N) is 1. The predicted octanol–water partition coefficient (Wildman–Crippen LogP) is 3.87. The third kappa shape index (κ3) is 3.01. The number of carbonyl (C=O) groups is 1. The number of hydrogen-bond acceptors (Lipinski definition) is 4. The van der Waals surface area contributed by atoms with Crippen LogP contribution in [0.15, 0.2) is 22.6 Å². The van der Waals surface area contributed by atoms with E-state index in [4.69, 9.17) is 14.3 Å². The van der Waals surface area contributed by atoms with Gasteiger partial charge in [0.15, 0.2) is 5.58 Å². The van der Waals surface area contributed by atoms with Crippen LogP contribution in [-0.4, -0.2) is 22.2 Å². The molecule has 1 fully saturated rings. The second-order valence-corrected chi connectivity index (χ2v) is 5.65. The Balaban J connectivity index is 1.76. The molecule has 0 radical (unpaired) electrons. The molecule has 0 aliphatic heterocycles. The van der Waals surface area contributed by atoms with Gasteiger partial charge in [0.2, 0.25) is 0 Å². The first-order chi connectivity index (χ1) is 10.2. The van der Waals surface area contributed by atoms with Crippen molar-refractivity contribution in [3.63, 3.8) is 0 Å². The number of aromatic nitrogens is 1. The number of carboxylic acid groups (broad SMARTS) is 1. The van der Waals surface area contributed by atoms with E-state index in [-0.39, 0.29) is 17.7 Å². The van der Waals surface area contributed by atoms with Crippen LogP contribution in [0.4, 0.5) is 0 Å². The highest BCUT2D eigenvalue weighted by Gasteiger charge is 2.23. The number of fused-ring (bicyclic) bond motifs is 1. The van der Waals surface area contributed by atoms with Gasteiger partial charge >= 0.3 is 12.0 Å². The first kappa shape index (κ1) is 13.9. The van der Waals surface area contributed by atoms with Crippen molar-refractivity contribution in [3.05, 3.63) is 23.8 Å². The summed E-state index contributed by atoms with van der Waals surface area (Å²) < 4.78 is 11.4. The van der Waals surface area contributed by atoms with Gasteiger partial charge in [0.05, 0.1) is 5.56 Å². The fourth-order valence-corrected chi connectivity index (χ4v) is 2.95. The standard InChI is InChI=1S/C16H19NO4/c1-2-10-4-3-5-12(8-10)20-16-17-13-7-6-11(15(18)19)9-14(13)21-16/h6-7,9-10,12H,2-5,8H2,1H3,(H,18,19). The highest BCUT2D eigenvalue weighted by Crippen LogP contribution is 2.30. The lowest BCUT2D eigenvalue weighted by atomic mass is 9.86. The highest BCUT2D eigenvalue weighted by molar-refractivity contribution is 5.91. The van der Waals surface area contributed by atoms with Crippen molar-refractivity contribution >= 4 is 17.1 Å². The van der Waals surface area contributed by atoms with E-state index >= 15 is 0 Å². The zero-order valence-electron chi connectivity index (χ0n) is 12.0. The summed E-state index contributed by atoms with van der Waals surface area (Å²) in [6, 6.07) is 4.64. The first-order valence-corrected chi connectivity index (χ1v) is 7.46. The molecule has 1 saturated carbocycles. The molecule has 1 aromatic heterocycles. The van der Waals surface area contributed by atoms with Gasteiger partial charge in [0.1, 0.15) is 11.6 Å². The van der Waals surface area contributed by atoms with Crippen LogP contribution in [0.2, 0.25) is 0 Å². The molecule has 0 bridgehead atoms. The van der Waals surface area contributed by atoms with E-state index in [1.165, 1.54) is 31.4 Å². The molecular formula is C16H19NO4. The Hall–Kier alpha value is -2.04. The fraction of sp³-hybridized carbons (Fsp3) is 0.500. The van der Waals surface area contributed by atoms with Gasteiger partial charge in [-0.2, -0.15) is 4.98 Å². The summed E-state index contributed by atoms with van der Waals surface area (Å²) in [5, 5.41) is 8.98. The van der Waals surface area contributed by atoms with Crippen LogP contribution in [0.1, 0.15) is 49.4 Å². The topological polar surface area (TPSA) is 72.6 Å². The summed E-state index contributed by atoms with van der Waals surface area (Å²) in [5.74, 6) is -0.263. The van der Waals surface area contributed by atoms with Crippen LogP contribution < -0.4 is 4.74 Å². The Morgan fingerprint density at radius 3 is 3.10 bits per heavy atom. The smallest absolute Gasteiger partial charge is 0.394 e. The monoisotopic (exact) mass is 289 g/mol. The lowest BCUT2D eigenvalue weighted by Gasteiger charge is -2.27. The zero-order valence-corrected chi connectivity index (χ0v) is 12.0. The van der Waals surface area contributed by atoms with E-state index in [1.54, 1.807) is 6.07 Å². The molecule has 21 heavy (non-hydrogen) atoms. The molecule has 3 rings (SSSR count). The molecule has 5 nitrogen and oxygen atoms in total. The highest BCUT2D eigenvalue weighted by atomic mass is 16.6. The Bertz CT molecular complexity index is 649. The van der Waals surface area contributed by atoms with Gasteiger partial charge in [-0.3, -0.25) is 0 Å². The summed E-state index contributed by atoms with van der Waals surface area (Å²) in [5.41, 5.74) is 1.26. The van der Waals surface area contributed by atoms with Crippen molar-refractivity contribution < 1.29 is 19.1 Å². The molecule has 1 aliphatic carbocycles. The lowest BCUT2D eigenvalue weighted by Crippen LogP contribution is -2.25. The van der Waals surface area contributed by atoms with Crippen LogP contribution >= 0.6 is 0 Å². The van der Waals surface area contributed by atoms with E-state index in [1.807, 2.05) is 0 Å². The number of benzene rings is 1. The average Bonchev–Trinajstić information content (AvgIpc) is 2.88. The Labute approximate surface area is 122 Å². The van der Waals surface area contributed by atoms with E-state index in [2.05, 4.69) is 11.9 Å². The van der Waals surface area contributed by atoms with Crippen molar-refractivity contribution in [2.75, 3.05) is 0 Å². The lowest BCUT2D eigenvalue weighted by molar-refractivity contribution is 0.0696. The van der Waals surface area contributed by atoms with Crippen LogP contribution in [0.5, 0.6) is 6.08 Å². The SMILES string of the molecule is CCC1CCCC(Oc2nc3ccc(C(=O)O)cc3o2)C1. The number of carboxylic acids is 1. The fourth-order valence-electron chi connectivity index (χ4n) is 2.95. The second kappa shape index (κ2) is 5.76. The quantitative estimate of drug-likeness (QED) is 0.924. The van der Waals surface area contributed by atoms with Crippen molar-refractivity contribution in [3.8, 4) is 6.08 Å². The second-order valence-electron chi connectivity index (χ2n) is 5.65. The number of oxazole rings is 1. The summed E-state index contributed by atoms with van der Waals surface area (Å²) in [4.78, 5) is 15.2. The molecule has 2 atom stereocenters. The number of rotatable bonds is 4. The van der Waals surface area contributed by atoms with Crippen molar-refractivity contribution in [1.82, 2.24) is 4.98 Å². The van der Waals surface area contributed by atoms with E-state index in [0.717, 1.165) is 12.8 Å². The largest absolute Gasteiger partial charge is 0.478 e. The van der Waals surface area contributed by atoms with Crippen LogP contribution in [0.3, 0.4) is 0 Å². The number of aromatic carboxylic acids is 1. The zero-order chi connectivity index (χ0) is 14.8. The van der Waals surface area contributed by atoms with Gasteiger partial charge in [0.25, 0.3) is 0 Å². The number of hydrogen-bond donors (Lipinski definition) is 1. The van der Waals surface area contributed by atoms with Crippen LogP contribution in [0.25, 0.3) is 11.1 Å². The molecule has 0 saturated heterocycles. The molecule has 0 spiro atoms. The van der Waals surface area contributed by atoms with Gasteiger partial charge in [-0.05, 0) is 43.4 Å². The third-order valence-electron chi connectivity index (χ3n) is 4.20. The maximum Gasteiger partial charge on any atom is 0.394 e. The van der Waals surface area contributed by atoms with Gasteiger partial charge in [-0.25, -0.2) is 4.79 Å². The molecule has 1 heterocycles. The van der Waals surface area contributed by atoms with Crippen LogP contribution in [0, 0.1) is 5.92 Å². The minimum absolute atomic E-state index is 0.149. The molecule has 2 unspecified atom stereocenters. The van der Waals surface area contributed by atoms with Gasteiger partial charge in [-0.15, -0.1) is 0 Å². The average molecular weight is 289 g/mol. The Morgan fingerprint density at radius 1 is 1.48 bits per heavy atom. The normalized spacial score (nSPS) is 22.3. The third-order valence-corrected chi connectivity index (χ3v) is 4.20. The maximum atomic E-state index is 10.9. The molecule has 1 aromatic carbocycles. The van der Waals surface area contributed by atoms with Crippen LogP contribution in [-0.2, 0) is 0 Å². The van der Waals surface area contributed by atoms with E-state index in [9.17, 15) is 4.79 Å². The van der Waals surface area contributed by atoms with Crippen molar-refractivity contribution in [1.29, 1.82) is 0 Å². The molecule has 2 aromatic rings. The Kier molecular flexibility index (Phi) is 3.82.